The van der Waals surface area contributed by atoms with Crippen molar-refractivity contribution in [3.63, 3.8) is 0 Å². The molecular formula is C11H9F6NO. The highest BCUT2D eigenvalue weighted by Crippen LogP contribution is 2.41. The average molecular weight is 285 g/mol. The smallest absolute Gasteiger partial charge is 0.366 e. The van der Waals surface area contributed by atoms with E-state index in [1.807, 2.05) is 0 Å². The summed E-state index contributed by atoms with van der Waals surface area (Å²) in [5.74, 6) is -1.75. The highest BCUT2D eigenvalue weighted by atomic mass is 19.4. The van der Waals surface area contributed by atoms with Gasteiger partial charge in [-0.2, -0.15) is 26.3 Å². The maximum absolute atomic E-state index is 12.8. The molecule has 0 aromatic heterocycles. The van der Waals surface area contributed by atoms with Crippen LogP contribution in [0.25, 0.3) is 0 Å². The van der Waals surface area contributed by atoms with Crippen molar-refractivity contribution in [1.82, 2.24) is 0 Å². The Morgan fingerprint density at radius 3 is 1.95 bits per heavy atom. The number of halogens is 6. The number of amides is 1. The molecular weight excluding hydrogens is 276 g/mol. The molecule has 8 heteroatoms. The summed E-state index contributed by atoms with van der Waals surface area (Å²) in [5, 5.41) is 0. The Kier molecular flexibility index (Phi) is 3.83. The molecule has 0 aliphatic heterocycles. The SMILES string of the molecule is CCc1ccc(C(F)(F)F)c(C(N)=O)c1C(F)(F)F. The lowest BCUT2D eigenvalue weighted by Gasteiger charge is -2.19. The van der Waals surface area contributed by atoms with E-state index in [9.17, 15) is 31.1 Å². The minimum absolute atomic E-state index is 0.173. The summed E-state index contributed by atoms with van der Waals surface area (Å²) < 4.78 is 76.5. The number of alkyl halides is 6. The lowest BCUT2D eigenvalue weighted by molar-refractivity contribution is -0.144. The van der Waals surface area contributed by atoms with Crippen molar-refractivity contribution in [2.75, 3.05) is 0 Å². The van der Waals surface area contributed by atoms with Crippen LogP contribution in [-0.4, -0.2) is 5.91 Å². The molecule has 2 nitrogen and oxygen atoms in total. The molecule has 0 bridgehead atoms. The average Bonchev–Trinajstić information content (AvgIpc) is 2.24. The third-order valence-corrected chi connectivity index (χ3v) is 2.51. The van der Waals surface area contributed by atoms with Crippen molar-refractivity contribution in [2.45, 2.75) is 25.7 Å². The molecule has 106 valence electrons. The molecule has 0 fully saturated rings. The molecule has 0 heterocycles. The van der Waals surface area contributed by atoms with E-state index in [0.717, 1.165) is 0 Å². The molecule has 0 atom stereocenters. The minimum Gasteiger partial charge on any atom is -0.366 e. The normalized spacial score (nSPS) is 12.6. The van der Waals surface area contributed by atoms with Crippen LogP contribution in [0.1, 0.15) is 34.0 Å². The van der Waals surface area contributed by atoms with Gasteiger partial charge in [-0.15, -0.1) is 0 Å². The first-order valence-electron chi connectivity index (χ1n) is 5.10. The van der Waals surface area contributed by atoms with Crippen LogP contribution in [0.3, 0.4) is 0 Å². The van der Waals surface area contributed by atoms with Crippen molar-refractivity contribution >= 4 is 5.91 Å². The zero-order valence-electron chi connectivity index (χ0n) is 9.62. The lowest BCUT2D eigenvalue weighted by atomic mass is 9.93. The first-order chi connectivity index (χ1) is 8.50. The maximum Gasteiger partial charge on any atom is 0.417 e. The number of hydrogen-bond donors (Lipinski definition) is 1. The van der Waals surface area contributed by atoms with E-state index in [4.69, 9.17) is 5.73 Å². The molecule has 1 aromatic rings. The van der Waals surface area contributed by atoms with Crippen molar-refractivity contribution in [1.29, 1.82) is 0 Å². The molecule has 0 aliphatic rings. The van der Waals surface area contributed by atoms with Crippen LogP contribution in [-0.2, 0) is 18.8 Å². The molecule has 0 radical (unpaired) electrons. The maximum atomic E-state index is 12.8. The van der Waals surface area contributed by atoms with Crippen LogP contribution in [0.5, 0.6) is 0 Å². The zero-order chi connectivity index (χ0) is 15.0. The zero-order valence-corrected chi connectivity index (χ0v) is 9.62. The number of carbonyl (C=O) groups is 1. The summed E-state index contributed by atoms with van der Waals surface area (Å²) in [6.07, 6.45) is -10.3. The van der Waals surface area contributed by atoms with Gasteiger partial charge in [-0.25, -0.2) is 0 Å². The van der Waals surface area contributed by atoms with Crippen LogP contribution in [0, 0.1) is 0 Å². The number of rotatable bonds is 2. The van der Waals surface area contributed by atoms with E-state index in [1.54, 1.807) is 0 Å². The summed E-state index contributed by atoms with van der Waals surface area (Å²) in [5.41, 5.74) is -0.533. The highest BCUT2D eigenvalue weighted by molar-refractivity contribution is 5.96. The summed E-state index contributed by atoms with van der Waals surface area (Å²) >= 11 is 0. The molecule has 19 heavy (non-hydrogen) atoms. The molecule has 1 aromatic carbocycles. The first kappa shape index (κ1) is 15.3. The minimum atomic E-state index is -5.09. The Labute approximate surface area is 104 Å². The van der Waals surface area contributed by atoms with Gasteiger partial charge in [0.15, 0.2) is 0 Å². The van der Waals surface area contributed by atoms with E-state index < -0.39 is 40.5 Å². The number of hydrogen-bond acceptors (Lipinski definition) is 1. The van der Waals surface area contributed by atoms with Crippen molar-refractivity contribution < 1.29 is 31.1 Å². The molecule has 0 saturated heterocycles. The van der Waals surface area contributed by atoms with Crippen LogP contribution < -0.4 is 5.73 Å². The van der Waals surface area contributed by atoms with Crippen LogP contribution in [0.2, 0.25) is 0 Å². The lowest BCUT2D eigenvalue weighted by Crippen LogP contribution is -2.25. The van der Waals surface area contributed by atoms with Crippen LogP contribution in [0.4, 0.5) is 26.3 Å². The van der Waals surface area contributed by atoms with E-state index >= 15 is 0 Å². The standard InChI is InChI=1S/C11H9F6NO/c1-2-5-3-4-6(10(12,13)14)7(9(18)19)8(5)11(15,16)17/h3-4H,2H2,1H3,(H2,18,19). The summed E-state index contributed by atoms with van der Waals surface area (Å²) in [4.78, 5) is 11.0. The van der Waals surface area contributed by atoms with E-state index in [1.165, 1.54) is 6.92 Å². The molecule has 0 aliphatic carbocycles. The van der Waals surface area contributed by atoms with E-state index in [-0.39, 0.29) is 6.42 Å². The molecule has 0 spiro atoms. The Hall–Kier alpha value is -1.73. The van der Waals surface area contributed by atoms with E-state index in [0.29, 0.717) is 12.1 Å². The van der Waals surface area contributed by atoms with Gasteiger partial charge in [0.1, 0.15) is 0 Å². The number of nitrogens with two attached hydrogens (primary N) is 1. The third-order valence-electron chi connectivity index (χ3n) is 2.51. The van der Waals surface area contributed by atoms with Gasteiger partial charge in [-0.1, -0.05) is 13.0 Å². The second-order valence-corrected chi connectivity index (χ2v) is 3.74. The summed E-state index contributed by atoms with van der Waals surface area (Å²) in [7, 11) is 0. The number of carbonyl (C=O) groups excluding carboxylic acids is 1. The van der Waals surface area contributed by atoms with Crippen LogP contribution >= 0.6 is 0 Å². The fourth-order valence-corrected chi connectivity index (χ4v) is 1.76. The number of primary amides is 1. The Morgan fingerprint density at radius 2 is 1.63 bits per heavy atom. The van der Waals surface area contributed by atoms with Gasteiger partial charge in [-0.3, -0.25) is 4.79 Å². The van der Waals surface area contributed by atoms with Gasteiger partial charge in [0.05, 0.1) is 16.7 Å². The van der Waals surface area contributed by atoms with Gasteiger partial charge in [-0.05, 0) is 18.1 Å². The molecule has 1 amide bonds. The monoisotopic (exact) mass is 285 g/mol. The highest BCUT2D eigenvalue weighted by Gasteiger charge is 2.43. The van der Waals surface area contributed by atoms with Crippen LogP contribution in [0.15, 0.2) is 12.1 Å². The number of aryl methyl sites for hydroxylation is 1. The van der Waals surface area contributed by atoms with Crippen molar-refractivity contribution in [3.8, 4) is 0 Å². The topological polar surface area (TPSA) is 43.1 Å². The van der Waals surface area contributed by atoms with Gasteiger partial charge in [0.25, 0.3) is 0 Å². The summed E-state index contributed by atoms with van der Waals surface area (Å²) in [6, 6.07) is 1.15. The summed E-state index contributed by atoms with van der Waals surface area (Å²) in [6.45, 7) is 1.34. The molecule has 0 saturated carbocycles. The molecule has 1 rings (SSSR count). The number of benzene rings is 1. The predicted octanol–water partition coefficient (Wildman–Crippen LogP) is 3.39. The van der Waals surface area contributed by atoms with E-state index in [2.05, 4.69) is 0 Å². The quantitative estimate of drug-likeness (QED) is 0.832. The molecule has 0 unspecified atom stereocenters. The molecule has 2 N–H and O–H groups in total. The van der Waals surface area contributed by atoms with Crippen molar-refractivity contribution in [2.24, 2.45) is 5.73 Å². The Morgan fingerprint density at radius 1 is 1.11 bits per heavy atom. The van der Waals surface area contributed by atoms with Gasteiger partial charge in [0.2, 0.25) is 5.91 Å². The predicted molar refractivity (Wildman–Crippen MR) is 54.3 cm³/mol. The second kappa shape index (κ2) is 4.75. The Bertz CT molecular complexity index is 503. The third kappa shape index (κ3) is 2.99. The van der Waals surface area contributed by atoms with Crippen molar-refractivity contribution in [3.05, 3.63) is 34.4 Å². The van der Waals surface area contributed by atoms with Gasteiger partial charge in [0, 0.05) is 0 Å². The Balaban J connectivity index is 3.79. The largest absolute Gasteiger partial charge is 0.417 e. The van der Waals surface area contributed by atoms with Gasteiger partial charge < -0.3 is 5.73 Å². The fraction of sp³-hybridized carbons (Fsp3) is 0.364. The first-order valence-corrected chi connectivity index (χ1v) is 5.10. The van der Waals surface area contributed by atoms with Gasteiger partial charge >= 0.3 is 12.4 Å². The second-order valence-electron chi connectivity index (χ2n) is 3.74. The fourth-order valence-electron chi connectivity index (χ4n) is 1.76.